The van der Waals surface area contributed by atoms with Gasteiger partial charge in [-0.25, -0.2) is 4.39 Å². The average molecular weight is 254 g/mol. The number of nitrogens with one attached hydrogen (secondary N) is 1. The maximum absolute atomic E-state index is 14.0. The molecule has 0 aromatic heterocycles. The fourth-order valence-electron chi connectivity index (χ4n) is 1.90. The summed E-state index contributed by atoms with van der Waals surface area (Å²) in [4.78, 5) is 1.95. The Bertz CT molecular complexity index is 358. The summed E-state index contributed by atoms with van der Waals surface area (Å²) in [5.74, 6) is -0.190. The lowest BCUT2D eigenvalue weighted by molar-refractivity contribution is 0.289. The van der Waals surface area contributed by atoms with Crippen LogP contribution in [0.5, 0.6) is 0 Å². The van der Waals surface area contributed by atoms with Gasteiger partial charge in [0.1, 0.15) is 5.82 Å². The van der Waals surface area contributed by atoms with Gasteiger partial charge in [-0.3, -0.25) is 0 Å². The number of aliphatic hydroxyl groups is 1. The van der Waals surface area contributed by atoms with Crippen LogP contribution in [0.25, 0.3) is 0 Å². The number of rotatable bonds is 8. The molecule has 0 heterocycles. The average Bonchev–Trinajstić information content (AvgIpc) is 2.39. The van der Waals surface area contributed by atoms with Crippen molar-refractivity contribution in [1.29, 1.82) is 0 Å². The van der Waals surface area contributed by atoms with Crippen LogP contribution in [0, 0.1) is 5.82 Å². The van der Waals surface area contributed by atoms with Gasteiger partial charge in [-0.2, -0.15) is 0 Å². The third-order valence-electron chi connectivity index (χ3n) is 2.90. The molecule has 0 fully saturated rings. The first kappa shape index (κ1) is 14.9. The quantitative estimate of drug-likeness (QED) is 0.746. The lowest BCUT2D eigenvalue weighted by Crippen LogP contribution is -2.25. The Kier molecular flexibility index (Phi) is 6.68. The number of hydrogen-bond acceptors (Lipinski definition) is 3. The molecule has 0 saturated carbocycles. The second-order valence-electron chi connectivity index (χ2n) is 4.22. The summed E-state index contributed by atoms with van der Waals surface area (Å²) in [6, 6.07) is 5.35. The molecule has 4 heteroatoms. The van der Waals surface area contributed by atoms with Crippen LogP contribution in [0.15, 0.2) is 18.2 Å². The summed E-state index contributed by atoms with van der Waals surface area (Å²) in [6.07, 6.45) is 0.659. The molecular formula is C14H23FN2O. The number of halogens is 1. The molecular weight excluding hydrogens is 231 g/mol. The molecule has 1 aromatic carbocycles. The summed E-state index contributed by atoms with van der Waals surface area (Å²) >= 11 is 0. The van der Waals surface area contributed by atoms with Gasteiger partial charge in [0.25, 0.3) is 0 Å². The molecule has 0 saturated heterocycles. The van der Waals surface area contributed by atoms with E-state index in [1.165, 1.54) is 0 Å². The number of hydrogen-bond donors (Lipinski definition) is 2. The van der Waals surface area contributed by atoms with Crippen molar-refractivity contribution in [2.75, 3.05) is 31.1 Å². The van der Waals surface area contributed by atoms with Crippen molar-refractivity contribution in [1.82, 2.24) is 5.32 Å². The van der Waals surface area contributed by atoms with Gasteiger partial charge in [0, 0.05) is 26.2 Å². The molecule has 1 rings (SSSR count). The second kappa shape index (κ2) is 8.06. The Hall–Kier alpha value is -1.13. The minimum atomic E-state index is -0.190. The van der Waals surface area contributed by atoms with Crippen molar-refractivity contribution in [2.24, 2.45) is 0 Å². The molecule has 0 aliphatic rings. The summed E-state index contributed by atoms with van der Waals surface area (Å²) in [5, 5.41) is 12.0. The van der Waals surface area contributed by atoms with Gasteiger partial charge in [-0.1, -0.05) is 13.0 Å². The first-order valence-electron chi connectivity index (χ1n) is 6.57. The van der Waals surface area contributed by atoms with Crippen LogP contribution in [-0.4, -0.2) is 31.3 Å². The normalized spacial score (nSPS) is 10.7. The van der Waals surface area contributed by atoms with Gasteiger partial charge in [0.05, 0.1) is 5.69 Å². The molecule has 102 valence electrons. The van der Waals surface area contributed by atoms with E-state index in [9.17, 15) is 4.39 Å². The van der Waals surface area contributed by atoms with Gasteiger partial charge in [0.2, 0.25) is 0 Å². The van der Waals surface area contributed by atoms with Crippen LogP contribution < -0.4 is 10.2 Å². The minimum Gasteiger partial charge on any atom is -0.396 e. The standard InChI is InChI=1S/C14H23FN2O/c1-3-16-11-12-6-7-14(13(15)10-12)17(4-2)8-5-9-18/h6-7,10,16,18H,3-5,8-9,11H2,1-2H3. The van der Waals surface area contributed by atoms with Crippen LogP contribution in [0.3, 0.4) is 0 Å². The van der Waals surface area contributed by atoms with E-state index < -0.39 is 0 Å². The molecule has 0 aliphatic carbocycles. The van der Waals surface area contributed by atoms with E-state index >= 15 is 0 Å². The second-order valence-corrected chi connectivity index (χ2v) is 4.22. The van der Waals surface area contributed by atoms with E-state index in [0.717, 1.165) is 18.7 Å². The fourth-order valence-corrected chi connectivity index (χ4v) is 1.90. The number of anilines is 1. The molecule has 0 amide bonds. The predicted molar refractivity (Wildman–Crippen MR) is 73.4 cm³/mol. The Labute approximate surface area is 109 Å². The van der Waals surface area contributed by atoms with Crippen molar-refractivity contribution >= 4 is 5.69 Å². The smallest absolute Gasteiger partial charge is 0.146 e. The van der Waals surface area contributed by atoms with Gasteiger partial charge in [-0.05, 0) is 37.6 Å². The number of aliphatic hydroxyl groups excluding tert-OH is 1. The van der Waals surface area contributed by atoms with Crippen LogP contribution in [0.4, 0.5) is 10.1 Å². The summed E-state index contributed by atoms with van der Waals surface area (Å²) in [7, 11) is 0. The number of nitrogens with zero attached hydrogens (tertiary/aromatic N) is 1. The zero-order valence-corrected chi connectivity index (χ0v) is 11.2. The van der Waals surface area contributed by atoms with Gasteiger partial charge in [0.15, 0.2) is 0 Å². The molecule has 0 aliphatic heterocycles. The van der Waals surface area contributed by atoms with Crippen molar-refractivity contribution in [3.63, 3.8) is 0 Å². The highest BCUT2D eigenvalue weighted by molar-refractivity contribution is 5.49. The first-order valence-corrected chi connectivity index (χ1v) is 6.57. The molecule has 2 N–H and O–H groups in total. The molecule has 0 spiro atoms. The molecule has 18 heavy (non-hydrogen) atoms. The van der Waals surface area contributed by atoms with Crippen LogP contribution in [-0.2, 0) is 6.54 Å². The molecule has 3 nitrogen and oxygen atoms in total. The Morgan fingerprint density at radius 1 is 1.33 bits per heavy atom. The molecule has 0 unspecified atom stereocenters. The molecule has 0 bridgehead atoms. The van der Waals surface area contributed by atoms with E-state index in [1.54, 1.807) is 6.07 Å². The van der Waals surface area contributed by atoms with Crippen molar-refractivity contribution < 1.29 is 9.50 Å². The highest BCUT2D eigenvalue weighted by atomic mass is 19.1. The maximum Gasteiger partial charge on any atom is 0.146 e. The van der Waals surface area contributed by atoms with E-state index in [-0.39, 0.29) is 12.4 Å². The van der Waals surface area contributed by atoms with Crippen LogP contribution in [0.2, 0.25) is 0 Å². The Morgan fingerprint density at radius 3 is 2.67 bits per heavy atom. The third kappa shape index (κ3) is 4.27. The lowest BCUT2D eigenvalue weighted by atomic mass is 10.1. The maximum atomic E-state index is 14.0. The van der Waals surface area contributed by atoms with E-state index in [4.69, 9.17) is 5.11 Å². The monoisotopic (exact) mass is 254 g/mol. The summed E-state index contributed by atoms with van der Waals surface area (Å²) < 4.78 is 14.0. The van der Waals surface area contributed by atoms with Crippen LogP contribution >= 0.6 is 0 Å². The molecule has 1 aromatic rings. The summed E-state index contributed by atoms with van der Waals surface area (Å²) in [6.45, 7) is 7.13. The van der Waals surface area contributed by atoms with Crippen LogP contribution in [0.1, 0.15) is 25.8 Å². The Balaban J connectivity index is 2.75. The zero-order valence-electron chi connectivity index (χ0n) is 11.2. The first-order chi connectivity index (χ1) is 8.72. The van der Waals surface area contributed by atoms with Gasteiger partial charge < -0.3 is 15.3 Å². The van der Waals surface area contributed by atoms with E-state index in [0.29, 0.717) is 25.2 Å². The minimum absolute atomic E-state index is 0.136. The van der Waals surface area contributed by atoms with Gasteiger partial charge >= 0.3 is 0 Å². The topological polar surface area (TPSA) is 35.5 Å². The predicted octanol–water partition coefficient (Wildman–Crippen LogP) is 2.14. The highest BCUT2D eigenvalue weighted by Crippen LogP contribution is 2.20. The SMILES string of the molecule is CCNCc1ccc(N(CC)CCCO)c(F)c1. The van der Waals surface area contributed by atoms with Crippen molar-refractivity contribution in [3.05, 3.63) is 29.6 Å². The van der Waals surface area contributed by atoms with E-state index in [2.05, 4.69) is 5.32 Å². The lowest BCUT2D eigenvalue weighted by Gasteiger charge is -2.23. The Morgan fingerprint density at radius 2 is 2.11 bits per heavy atom. The highest BCUT2D eigenvalue weighted by Gasteiger charge is 2.10. The molecule has 0 radical (unpaired) electrons. The largest absolute Gasteiger partial charge is 0.396 e. The van der Waals surface area contributed by atoms with Gasteiger partial charge in [-0.15, -0.1) is 0 Å². The van der Waals surface area contributed by atoms with E-state index in [1.807, 2.05) is 30.9 Å². The summed E-state index contributed by atoms with van der Waals surface area (Å²) in [5.41, 5.74) is 1.57. The fraction of sp³-hybridized carbons (Fsp3) is 0.571. The van der Waals surface area contributed by atoms with Crippen molar-refractivity contribution in [2.45, 2.75) is 26.8 Å². The van der Waals surface area contributed by atoms with Crippen molar-refractivity contribution in [3.8, 4) is 0 Å². The molecule has 0 atom stereocenters. The third-order valence-corrected chi connectivity index (χ3v) is 2.90. The number of benzene rings is 1. The zero-order chi connectivity index (χ0) is 13.4.